The number of benzene rings is 3. The monoisotopic (exact) mass is 393 g/mol. The number of imidazole rings is 1. The van der Waals surface area contributed by atoms with Crippen molar-refractivity contribution in [3.63, 3.8) is 0 Å². The number of fused-ring (bicyclic) bond motifs is 1. The molecule has 1 atom stereocenters. The Kier molecular flexibility index (Phi) is 4.85. The van der Waals surface area contributed by atoms with E-state index in [1.807, 2.05) is 60.7 Å². The summed E-state index contributed by atoms with van der Waals surface area (Å²) in [4.78, 5) is 16.7. The van der Waals surface area contributed by atoms with Crippen molar-refractivity contribution in [3.05, 3.63) is 100 Å². The quantitative estimate of drug-likeness (QED) is 0.470. The van der Waals surface area contributed by atoms with Gasteiger partial charge in [0.1, 0.15) is 0 Å². The van der Waals surface area contributed by atoms with Crippen LogP contribution in [0.25, 0.3) is 11.0 Å². The summed E-state index contributed by atoms with van der Waals surface area (Å²) in [5.41, 5.74) is 2.55. The third-order valence-electron chi connectivity index (χ3n) is 4.58. The fraction of sp³-hybridized carbons (Fsp3) is 0.0952. The molecule has 3 N–H and O–H groups in total. The molecule has 0 saturated carbocycles. The number of rotatable bonds is 6. The Balaban J connectivity index is 1.68. The molecule has 6 nitrogen and oxygen atoms in total. The third kappa shape index (κ3) is 3.90. The van der Waals surface area contributed by atoms with Gasteiger partial charge in [0.2, 0.25) is 10.0 Å². The Hall–Kier alpha value is -3.16. The molecular formula is C21H19N3O3S. The predicted octanol–water partition coefficient (Wildman–Crippen LogP) is 3.12. The predicted molar refractivity (Wildman–Crippen MR) is 109 cm³/mol. The van der Waals surface area contributed by atoms with Crippen molar-refractivity contribution in [1.82, 2.24) is 14.7 Å². The first-order valence-corrected chi connectivity index (χ1v) is 10.3. The number of hydrogen-bond acceptors (Lipinski definition) is 3. The number of aromatic amines is 2. The van der Waals surface area contributed by atoms with E-state index in [9.17, 15) is 13.2 Å². The highest BCUT2D eigenvalue weighted by molar-refractivity contribution is 7.89. The zero-order chi connectivity index (χ0) is 19.6. The SMILES string of the molecule is O=c1[nH]c2ccc(S(=O)(=O)N[C@H](Cc3ccccc3)c3ccccc3)cc2[nH]1. The first-order chi connectivity index (χ1) is 13.5. The Morgan fingerprint density at radius 3 is 2.18 bits per heavy atom. The van der Waals surface area contributed by atoms with E-state index < -0.39 is 16.1 Å². The molecule has 0 aliphatic carbocycles. The molecule has 4 rings (SSSR count). The van der Waals surface area contributed by atoms with Crippen LogP contribution >= 0.6 is 0 Å². The maximum absolute atomic E-state index is 13.0. The lowest BCUT2D eigenvalue weighted by Crippen LogP contribution is -2.30. The standard InChI is InChI=1S/C21H19N3O3S/c25-21-22-18-12-11-17(14-20(18)23-21)28(26,27)24-19(16-9-5-2-6-10-16)13-15-7-3-1-4-8-15/h1-12,14,19,24H,13H2,(H2,22,23,25)/t19-/m1/s1. The zero-order valence-corrected chi connectivity index (χ0v) is 15.7. The zero-order valence-electron chi connectivity index (χ0n) is 14.9. The molecule has 1 aromatic heterocycles. The van der Waals surface area contributed by atoms with Crippen LogP contribution in [0.15, 0.2) is 88.6 Å². The highest BCUT2D eigenvalue weighted by Crippen LogP contribution is 2.22. The average Bonchev–Trinajstić information content (AvgIpc) is 3.08. The first-order valence-electron chi connectivity index (χ1n) is 8.84. The van der Waals surface area contributed by atoms with Crippen LogP contribution in [0.3, 0.4) is 0 Å². The summed E-state index contributed by atoms with van der Waals surface area (Å²) in [5.74, 6) is 0. The maximum Gasteiger partial charge on any atom is 0.323 e. The molecule has 28 heavy (non-hydrogen) atoms. The highest BCUT2D eigenvalue weighted by Gasteiger charge is 2.22. The summed E-state index contributed by atoms with van der Waals surface area (Å²) in [6, 6.07) is 23.3. The molecule has 0 radical (unpaired) electrons. The van der Waals surface area contributed by atoms with Gasteiger partial charge < -0.3 is 9.97 Å². The summed E-state index contributed by atoms with van der Waals surface area (Å²) >= 11 is 0. The van der Waals surface area contributed by atoms with E-state index in [1.54, 1.807) is 6.07 Å². The van der Waals surface area contributed by atoms with Gasteiger partial charge in [-0.25, -0.2) is 17.9 Å². The molecule has 1 heterocycles. The molecule has 3 aromatic carbocycles. The van der Waals surface area contributed by atoms with Crippen molar-refractivity contribution in [1.29, 1.82) is 0 Å². The number of sulfonamides is 1. The molecule has 0 aliphatic heterocycles. The molecule has 0 spiro atoms. The molecule has 4 aromatic rings. The second-order valence-electron chi connectivity index (χ2n) is 6.56. The molecule has 0 aliphatic rings. The summed E-state index contributed by atoms with van der Waals surface area (Å²) < 4.78 is 28.9. The van der Waals surface area contributed by atoms with Gasteiger partial charge >= 0.3 is 5.69 Å². The molecule has 0 fully saturated rings. The lowest BCUT2D eigenvalue weighted by Gasteiger charge is -2.19. The molecule has 0 amide bonds. The second-order valence-corrected chi connectivity index (χ2v) is 8.27. The maximum atomic E-state index is 13.0. The van der Waals surface area contributed by atoms with Gasteiger partial charge in [-0.3, -0.25) is 0 Å². The van der Waals surface area contributed by atoms with Crippen LogP contribution in [-0.4, -0.2) is 18.4 Å². The topological polar surface area (TPSA) is 94.8 Å². The van der Waals surface area contributed by atoms with E-state index in [1.165, 1.54) is 12.1 Å². The minimum atomic E-state index is -3.80. The largest absolute Gasteiger partial charge is 0.323 e. The van der Waals surface area contributed by atoms with E-state index in [0.717, 1.165) is 11.1 Å². The molecule has 142 valence electrons. The number of H-pyrrole nitrogens is 2. The lowest BCUT2D eigenvalue weighted by molar-refractivity contribution is 0.555. The minimum Gasteiger partial charge on any atom is -0.306 e. The number of nitrogens with one attached hydrogen (secondary N) is 3. The van der Waals surface area contributed by atoms with Gasteiger partial charge in [0, 0.05) is 0 Å². The van der Waals surface area contributed by atoms with E-state index in [2.05, 4.69) is 14.7 Å². The van der Waals surface area contributed by atoms with Gasteiger partial charge in [0.15, 0.2) is 0 Å². The van der Waals surface area contributed by atoms with Crippen LogP contribution < -0.4 is 10.4 Å². The van der Waals surface area contributed by atoms with Gasteiger partial charge in [-0.15, -0.1) is 0 Å². The number of hydrogen-bond donors (Lipinski definition) is 3. The van der Waals surface area contributed by atoms with Gasteiger partial charge in [-0.05, 0) is 35.7 Å². The van der Waals surface area contributed by atoms with Crippen LogP contribution in [0.5, 0.6) is 0 Å². The Bertz CT molecular complexity index is 1250. The van der Waals surface area contributed by atoms with Gasteiger partial charge in [-0.1, -0.05) is 60.7 Å². The van der Waals surface area contributed by atoms with Gasteiger partial charge in [0.25, 0.3) is 0 Å². The second kappa shape index (κ2) is 7.46. The Morgan fingerprint density at radius 2 is 1.46 bits per heavy atom. The van der Waals surface area contributed by atoms with Crippen molar-refractivity contribution in [2.45, 2.75) is 17.4 Å². The van der Waals surface area contributed by atoms with Crippen LogP contribution in [0, 0.1) is 0 Å². The summed E-state index contributed by atoms with van der Waals surface area (Å²) in [6.45, 7) is 0. The minimum absolute atomic E-state index is 0.101. The van der Waals surface area contributed by atoms with Crippen molar-refractivity contribution in [2.75, 3.05) is 0 Å². The average molecular weight is 393 g/mol. The molecule has 7 heteroatoms. The summed E-state index contributed by atoms with van der Waals surface area (Å²) in [5, 5.41) is 0. The normalized spacial score (nSPS) is 12.9. The van der Waals surface area contributed by atoms with E-state index in [-0.39, 0.29) is 10.6 Å². The molecular weight excluding hydrogens is 374 g/mol. The number of aromatic nitrogens is 2. The van der Waals surface area contributed by atoms with Gasteiger partial charge in [0.05, 0.1) is 22.0 Å². The highest BCUT2D eigenvalue weighted by atomic mass is 32.2. The third-order valence-corrected chi connectivity index (χ3v) is 6.05. The van der Waals surface area contributed by atoms with Crippen molar-refractivity contribution < 1.29 is 8.42 Å². The summed E-state index contributed by atoms with van der Waals surface area (Å²) in [7, 11) is -3.80. The fourth-order valence-electron chi connectivity index (χ4n) is 3.20. The molecule has 0 bridgehead atoms. The van der Waals surface area contributed by atoms with Crippen molar-refractivity contribution in [3.8, 4) is 0 Å². The molecule has 0 saturated heterocycles. The summed E-state index contributed by atoms with van der Waals surface area (Å²) in [6.07, 6.45) is 0.521. The van der Waals surface area contributed by atoms with E-state index in [4.69, 9.17) is 0 Å². The van der Waals surface area contributed by atoms with Crippen LogP contribution in [0.4, 0.5) is 0 Å². The molecule has 0 unspecified atom stereocenters. The van der Waals surface area contributed by atoms with Crippen molar-refractivity contribution >= 4 is 21.1 Å². The van der Waals surface area contributed by atoms with Crippen molar-refractivity contribution in [2.24, 2.45) is 0 Å². The Labute approximate surface area is 162 Å². The van der Waals surface area contributed by atoms with E-state index in [0.29, 0.717) is 17.5 Å². The lowest BCUT2D eigenvalue weighted by atomic mass is 10.00. The fourth-order valence-corrected chi connectivity index (χ4v) is 4.45. The van der Waals surface area contributed by atoms with Crippen LogP contribution in [-0.2, 0) is 16.4 Å². The smallest absolute Gasteiger partial charge is 0.306 e. The Morgan fingerprint density at radius 1 is 0.821 bits per heavy atom. The first kappa shape index (κ1) is 18.2. The van der Waals surface area contributed by atoms with Crippen LogP contribution in [0.1, 0.15) is 17.2 Å². The van der Waals surface area contributed by atoms with Gasteiger partial charge in [-0.2, -0.15) is 0 Å². The van der Waals surface area contributed by atoms with Crippen LogP contribution in [0.2, 0.25) is 0 Å². The van der Waals surface area contributed by atoms with E-state index >= 15 is 0 Å².